The predicted octanol–water partition coefficient (Wildman–Crippen LogP) is 8.12. The standard InChI is InChI=1S/C55H59ClF4N8O8/c1-29-43-40(25-38(58)47(56)46(43)45-35(51(61)72)12-13-39(48(45)59)75-27-42(70)71)76-55(29,33-6-4-3-5-7-33)28-62-34-10-8-32(9-11-34)53(73)67-21-14-30(15-22-67)26-66-19-16-31(17-20-66)44-37(57)24-36-50(49(44)60)65(2)64-52(36)68-23-18-41(69)63-54(68)74/h3-7,12-13,24-25,29-32,34,62H,8-11,14-23,26-28H2,1-2H3,(H2,61,72)(H,70,71)(H,63,69,74)/t29-,32?,34?,55-/m0/s1. The molecule has 0 spiro atoms. The maximum absolute atomic E-state index is 16.5. The molecule has 4 aromatic carbocycles. The number of carboxylic acid groups (broad SMARTS) is 1. The van der Waals surface area contributed by atoms with Crippen LogP contribution in [-0.4, -0.2) is 113 Å². The number of likely N-dealkylation sites (tertiary alicyclic amines) is 2. The number of nitrogens with zero attached hydrogens (tertiary/aromatic N) is 5. The Morgan fingerprint density at radius 3 is 2.28 bits per heavy atom. The van der Waals surface area contributed by atoms with Crippen LogP contribution in [0.4, 0.5) is 28.2 Å². The molecule has 10 rings (SSSR count). The smallest absolute Gasteiger partial charge is 0.341 e. The number of urea groups is 1. The molecule has 16 nitrogen and oxygen atoms in total. The number of ether oxygens (including phenoxy) is 2. The number of fused-ring (bicyclic) bond motifs is 2. The third kappa shape index (κ3) is 9.83. The van der Waals surface area contributed by atoms with Crippen LogP contribution < -0.4 is 30.7 Å². The zero-order valence-electron chi connectivity index (χ0n) is 42.1. The van der Waals surface area contributed by atoms with Crippen LogP contribution in [0.1, 0.15) is 104 Å². The number of hydrogen-bond donors (Lipinski definition) is 4. The maximum Gasteiger partial charge on any atom is 0.341 e. The zero-order valence-corrected chi connectivity index (χ0v) is 42.9. The number of amides is 5. The first kappa shape index (κ1) is 52.7. The molecule has 4 aliphatic heterocycles. The lowest BCUT2D eigenvalue weighted by Crippen LogP contribution is -2.49. The number of carbonyl (C=O) groups is 5. The molecule has 0 radical (unpaired) electrons. The summed E-state index contributed by atoms with van der Waals surface area (Å²) in [6, 6.07) is 13.3. The second-order valence-corrected chi connectivity index (χ2v) is 21.2. The number of rotatable bonds is 14. The highest BCUT2D eigenvalue weighted by atomic mass is 35.5. The predicted molar refractivity (Wildman–Crippen MR) is 273 cm³/mol. The molecule has 1 aliphatic carbocycles. The van der Waals surface area contributed by atoms with Gasteiger partial charge in [-0.2, -0.15) is 5.10 Å². The van der Waals surface area contributed by atoms with E-state index in [4.69, 9.17) is 26.8 Å². The van der Waals surface area contributed by atoms with Crippen LogP contribution in [0.25, 0.3) is 22.0 Å². The van der Waals surface area contributed by atoms with Gasteiger partial charge in [-0.05, 0) is 100 Å². The normalized spacial score (nSPS) is 22.6. The topological polar surface area (TPSA) is 202 Å². The van der Waals surface area contributed by atoms with Crippen molar-refractivity contribution in [3.05, 3.63) is 105 Å². The van der Waals surface area contributed by atoms with Crippen molar-refractivity contribution in [3.8, 4) is 22.6 Å². The average molecular weight is 1070 g/mol. The molecule has 1 saturated carbocycles. The Labute approximate surface area is 440 Å². The van der Waals surface area contributed by atoms with Crippen LogP contribution in [0.2, 0.25) is 5.02 Å². The van der Waals surface area contributed by atoms with E-state index in [1.807, 2.05) is 42.2 Å². The number of anilines is 1. The van der Waals surface area contributed by atoms with E-state index in [1.165, 1.54) is 21.7 Å². The van der Waals surface area contributed by atoms with Crippen molar-refractivity contribution >= 4 is 58.0 Å². The Kier molecular flexibility index (Phi) is 14.8. The first-order chi connectivity index (χ1) is 36.4. The van der Waals surface area contributed by atoms with Gasteiger partial charge in [0.05, 0.1) is 16.0 Å². The Balaban J connectivity index is 0.742. The van der Waals surface area contributed by atoms with E-state index in [-0.39, 0.29) is 82.5 Å². The molecule has 5 amide bonds. The van der Waals surface area contributed by atoms with E-state index in [9.17, 15) is 29.1 Å². The highest BCUT2D eigenvalue weighted by Crippen LogP contribution is 2.57. The second kappa shape index (κ2) is 21.3. The minimum Gasteiger partial charge on any atom is -0.480 e. The third-order valence-corrected chi connectivity index (χ3v) is 16.8. The number of halogens is 5. The van der Waals surface area contributed by atoms with Gasteiger partial charge in [-0.15, -0.1) is 0 Å². The lowest BCUT2D eigenvalue weighted by Gasteiger charge is -2.40. The number of benzene rings is 4. The molecule has 402 valence electrons. The number of imide groups is 1. The molecule has 4 fully saturated rings. The number of aliphatic carboxylic acids is 1. The molecule has 5 aromatic rings. The van der Waals surface area contributed by atoms with Gasteiger partial charge >= 0.3 is 12.0 Å². The summed E-state index contributed by atoms with van der Waals surface area (Å²) in [6.07, 6.45) is 5.68. The number of aryl methyl sites for hydroxylation is 1. The monoisotopic (exact) mass is 1070 g/mol. The fraction of sp³-hybridized carbons (Fsp3) is 0.455. The Morgan fingerprint density at radius 1 is 0.895 bits per heavy atom. The minimum absolute atomic E-state index is 0.00266. The van der Waals surface area contributed by atoms with E-state index in [2.05, 4.69) is 20.6 Å². The molecular formula is C55H59ClF4N8O8. The molecule has 76 heavy (non-hydrogen) atoms. The van der Waals surface area contributed by atoms with Crippen LogP contribution in [0, 0.1) is 35.1 Å². The molecule has 5 aliphatic rings. The first-order valence-electron chi connectivity index (χ1n) is 25.9. The highest BCUT2D eigenvalue weighted by Gasteiger charge is 2.50. The second-order valence-electron chi connectivity index (χ2n) is 20.8. The third-order valence-electron chi connectivity index (χ3n) is 16.4. The van der Waals surface area contributed by atoms with Gasteiger partial charge in [0, 0.05) is 92.4 Å². The van der Waals surface area contributed by atoms with Gasteiger partial charge in [-0.3, -0.25) is 29.3 Å². The fourth-order valence-corrected chi connectivity index (χ4v) is 12.6. The van der Waals surface area contributed by atoms with Crippen LogP contribution >= 0.6 is 11.6 Å². The Morgan fingerprint density at radius 2 is 1.61 bits per heavy atom. The molecule has 21 heteroatoms. The van der Waals surface area contributed by atoms with Gasteiger partial charge < -0.3 is 35.4 Å². The van der Waals surface area contributed by atoms with Crippen LogP contribution in [-0.2, 0) is 27.0 Å². The summed E-state index contributed by atoms with van der Waals surface area (Å²) < 4.78 is 77.7. The molecule has 1 aromatic heterocycles. The first-order valence-corrected chi connectivity index (χ1v) is 26.3. The van der Waals surface area contributed by atoms with E-state index in [0.717, 1.165) is 37.1 Å². The number of piperidine rings is 2. The molecular weight excluding hydrogens is 1010 g/mol. The molecule has 2 atom stereocenters. The van der Waals surface area contributed by atoms with Crippen molar-refractivity contribution in [2.75, 3.05) is 57.3 Å². The molecule has 0 unspecified atom stereocenters. The van der Waals surface area contributed by atoms with Gasteiger partial charge in [-0.1, -0.05) is 48.9 Å². The quantitative estimate of drug-likeness (QED) is 0.0783. The largest absolute Gasteiger partial charge is 0.480 e. The van der Waals surface area contributed by atoms with Gasteiger partial charge in [0.1, 0.15) is 22.9 Å². The summed E-state index contributed by atoms with van der Waals surface area (Å²) >= 11 is 6.69. The Bertz CT molecular complexity index is 3120. The molecule has 0 bridgehead atoms. The van der Waals surface area contributed by atoms with Crippen molar-refractivity contribution in [3.63, 3.8) is 0 Å². The van der Waals surface area contributed by atoms with Crippen LogP contribution in [0.3, 0.4) is 0 Å². The highest BCUT2D eigenvalue weighted by molar-refractivity contribution is 6.34. The average Bonchev–Trinajstić information content (AvgIpc) is 3.96. The SMILES string of the molecule is C[C@H]1c2c(cc(F)c(Cl)c2-c2c(C(N)=O)ccc(OCC(=O)O)c2F)O[C@]1(CNC1CCC(C(=O)N2CCC(CN3CCC(c4c(F)cc5c(N6CCC(=O)NC6=O)nn(C)c5c4F)CC3)CC2)CC1)c1ccccc1. The lowest BCUT2D eigenvalue weighted by atomic mass is 9.77. The summed E-state index contributed by atoms with van der Waals surface area (Å²) in [5, 5.41) is 19.2. The number of hydrogen-bond acceptors (Lipinski definition) is 10. The maximum atomic E-state index is 16.5. The summed E-state index contributed by atoms with van der Waals surface area (Å²) in [5.74, 6) is -7.13. The molecule has 5 N–H and O–H groups in total. The van der Waals surface area contributed by atoms with Gasteiger partial charge in [0.15, 0.2) is 35.4 Å². The number of aromatic nitrogens is 2. The van der Waals surface area contributed by atoms with Crippen molar-refractivity contribution in [2.45, 2.75) is 88.2 Å². The number of carbonyl (C=O) groups excluding carboxylic acids is 4. The number of carboxylic acids is 1. The summed E-state index contributed by atoms with van der Waals surface area (Å²) in [6.45, 7) is 4.76. The minimum atomic E-state index is -1.36. The number of primary amides is 1. The van der Waals surface area contributed by atoms with Crippen molar-refractivity contribution in [2.24, 2.45) is 24.6 Å². The van der Waals surface area contributed by atoms with Crippen molar-refractivity contribution in [1.82, 2.24) is 30.2 Å². The van der Waals surface area contributed by atoms with Crippen LogP contribution in [0.5, 0.6) is 11.5 Å². The Hall–Kier alpha value is -6.77. The number of nitrogens with two attached hydrogens (primary N) is 1. The molecule has 5 heterocycles. The summed E-state index contributed by atoms with van der Waals surface area (Å²) in [4.78, 5) is 67.9. The zero-order chi connectivity index (χ0) is 53.7. The van der Waals surface area contributed by atoms with Crippen molar-refractivity contribution < 1.29 is 56.1 Å². The van der Waals surface area contributed by atoms with E-state index < -0.39 is 81.5 Å². The van der Waals surface area contributed by atoms with E-state index in [0.29, 0.717) is 76.2 Å². The van der Waals surface area contributed by atoms with E-state index >= 15 is 17.6 Å². The number of nitrogens with one attached hydrogen (secondary N) is 2. The van der Waals surface area contributed by atoms with Gasteiger partial charge in [0.25, 0.3) is 0 Å². The van der Waals surface area contributed by atoms with E-state index in [1.54, 1.807) is 7.05 Å². The summed E-state index contributed by atoms with van der Waals surface area (Å²) in [7, 11) is 1.55. The fourth-order valence-electron chi connectivity index (χ4n) is 12.4. The van der Waals surface area contributed by atoms with Gasteiger partial charge in [-0.25, -0.2) is 27.2 Å². The lowest BCUT2D eigenvalue weighted by molar-refractivity contribution is -0.139. The van der Waals surface area contributed by atoms with Crippen LogP contribution in [0.15, 0.2) is 54.6 Å². The van der Waals surface area contributed by atoms with Crippen molar-refractivity contribution in [1.29, 1.82) is 0 Å². The molecule has 3 saturated heterocycles. The summed E-state index contributed by atoms with van der Waals surface area (Å²) in [5.41, 5.74) is 4.84. The van der Waals surface area contributed by atoms with Gasteiger partial charge in [0.2, 0.25) is 17.7 Å².